The first-order valence-corrected chi connectivity index (χ1v) is 10.9. The Hall–Kier alpha value is -2.75. The second-order valence-electron chi connectivity index (χ2n) is 6.68. The summed E-state index contributed by atoms with van der Waals surface area (Å²) in [7, 11) is -4.15. The molecule has 1 aliphatic rings. The normalized spacial score (nSPS) is 13.5. The zero-order valence-corrected chi connectivity index (χ0v) is 17.3. The number of sulfonamides is 1. The van der Waals surface area contributed by atoms with Crippen molar-refractivity contribution in [2.75, 3.05) is 11.9 Å². The zero-order valence-electron chi connectivity index (χ0n) is 15.7. The van der Waals surface area contributed by atoms with Crippen LogP contribution < -0.4 is 15.4 Å². The molecule has 2 amide bonds. The molecular weight excluding hydrogens is 433 g/mol. The fourth-order valence-electron chi connectivity index (χ4n) is 2.57. The Bertz CT molecular complexity index is 1120. The van der Waals surface area contributed by atoms with Gasteiger partial charge in [-0.15, -0.1) is 6.58 Å². The van der Waals surface area contributed by atoms with Crippen LogP contribution in [0.1, 0.15) is 33.6 Å². The van der Waals surface area contributed by atoms with Crippen molar-refractivity contribution in [1.29, 1.82) is 0 Å². The largest absolute Gasteiger partial charge is 0.349 e. The van der Waals surface area contributed by atoms with Crippen LogP contribution in [0.4, 0.5) is 10.1 Å². The molecule has 0 unspecified atom stereocenters. The molecular formula is C20H19ClFN3O4S. The van der Waals surface area contributed by atoms with Gasteiger partial charge in [0.25, 0.3) is 11.8 Å². The second kappa shape index (κ2) is 8.95. The molecule has 158 valence electrons. The molecule has 2 aromatic rings. The highest BCUT2D eigenvalue weighted by atomic mass is 35.5. The molecule has 0 aromatic heterocycles. The summed E-state index contributed by atoms with van der Waals surface area (Å²) >= 11 is 6.15. The first-order chi connectivity index (χ1) is 14.2. The van der Waals surface area contributed by atoms with Crippen LogP contribution in [0.3, 0.4) is 0 Å². The minimum Gasteiger partial charge on any atom is -0.349 e. The van der Waals surface area contributed by atoms with Gasteiger partial charge in [0.1, 0.15) is 10.7 Å². The lowest BCUT2D eigenvalue weighted by Crippen LogP contribution is -2.25. The van der Waals surface area contributed by atoms with Crippen molar-refractivity contribution < 1.29 is 22.4 Å². The molecule has 1 aliphatic carbocycles. The quantitative estimate of drug-likeness (QED) is 0.536. The van der Waals surface area contributed by atoms with Crippen LogP contribution in [-0.4, -0.2) is 32.8 Å². The van der Waals surface area contributed by atoms with Gasteiger partial charge in [0.15, 0.2) is 0 Å². The van der Waals surface area contributed by atoms with E-state index in [1.54, 1.807) is 0 Å². The Labute approximate surface area is 178 Å². The van der Waals surface area contributed by atoms with E-state index in [0.717, 1.165) is 31.0 Å². The maximum Gasteiger partial charge on any atom is 0.255 e. The van der Waals surface area contributed by atoms with Crippen molar-refractivity contribution >= 4 is 39.1 Å². The minimum atomic E-state index is -4.15. The van der Waals surface area contributed by atoms with Gasteiger partial charge in [0.2, 0.25) is 10.0 Å². The molecule has 0 radical (unpaired) electrons. The SMILES string of the molecule is C=CCNS(=O)(=O)c1cc(C(=O)Nc2ccc(C(=O)NC3CC3)c(Cl)c2)ccc1F. The summed E-state index contributed by atoms with van der Waals surface area (Å²) < 4.78 is 40.5. The van der Waals surface area contributed by atoms with E-state index in [1.165, 1.54) is 24.3 Å². The molecule has 30 heavy (non-hydrogen) atoms. The van der Waals surface area contributed by atoms with Gasteiger partial charge in [0.05, 0.1) is 10.6 Å². The molecule has 0 atom stereocenters. The number of carbonyl (C=O) groups is 2. The van der Waals surface area contributed by atoms with E-state index in [-0.39, 0.29) is 34.6 Å². The van der Waals surface area contributed by atoms with Crippen molar-refractivity contribution in [3.8, 4) is 0 Å². The maximum absolute atomic E-state index is 14.0. The van der Waals surface area contributed by atoms with Crippen LogP contribution >= 0.6 is 11.6 Å². The molecule has 0 aliphatic heterocycles. The number of anilines is 1. The van der Waals surface area contributed by atoms with Gasteiger partial charge >= 0.3 is 0 Å². The first kappa shape index (κ1) is 21.9. The summed E-state index contributed by atoms with van der Waals surface area (Å²) in [6, 6.07) is 7.57. The highest BCUT2D eigenvalue weighted by Crippen LogP contribution is 2.25. The van der Waals surface area contributed by atoms with E-state index >= 15 is 0 Å². The molecule has 1 fully saturated rings. The summed E-state index contributed by atoms with van der Waals surface area (Å²) in [5, 5.41) is 5.53. The zero-order chi connectivity index (χ0) is 21.9. The van der Waals surface area contributed by atoms with Gasteiger partial charge in [-0.25, -0.2) is 17.5 Å². The Morgan fingerprint density at radius 1 is 1.17 bits per heavy atom. The number of benzene rings is 2. The summed E-state index contributed by atoms with van der Waals surface area (Å²) in [5.74, 6) is -1.95. The molecule has 0 spiro atoms. The average molecular weight is 452 g/mol. The van der Waals surface area contributed by atoms with E-state index in [4.69, 9.17) is 11.6 Å². The number of carbonyl (C=O) groups excluding carboxylic acids is 2. The molecule has 3 N–H and O–H groups in total. The topological polar surface area (TPSA) is 104 Å². The number of rotatable bonds is 8. The summed E-state index contributed by atoms with van der Waals surface area (Å²) in [6.07, 6.45) is 3.19. The lowest BCUT2D eigenvalue weighted by molar-refractivity contribution is 0.0950. The van der Waals surface area contributed by atoms with Crippen LogP contribution in [0.15, 0.2) is 53.9 Å². The maximum atomic E-state index is 14.0. The predicted octanol–water partition coefficient (Wildman–Crippen LogP) is 3.09. The van der Waals surface area contributed by atoms with Crippen molar-refractivity contribution in [3.63, 3.8) is 0 Å². The minimum absolute atomic E-state index is 0.0675. The van der Waals surface area contributed by atoms with Gasteiger partial charge < -0.3 is 10.6 Å². The average Bonchev–Trinajstić information content (AvgIpc) is 3.50. The van der Waals surface area contributed by atoms with Crippen LogP contribution in [0.2, 0.25) is 5.02 Å². The lowest BCUT2D eigenvalue weighted by atomic mass is 10.1. The second-order valence-corrected chi connectivity index (χ2v) is 8.82. The standard InChI is InChI=1S/C20H19ClFN3O4S/c1-2-9-23-30(28,29)18-10-12(3-8-17(18)22)19(26)25-14-6-7-15(16(21)11-14)20(27)24-13-4-5-13/h2-3,6-8,10-11,13,23H,1,4-5,9H2,(H,24,27)(H,25,26). The molecule has 0 saturated heterocycles. The van der Waals surface area contributed by atoms with E-state index < -0.39 is 26.6 Å². The number of halogens is 2. The number of hydrogen-bond donors (Lipinski definition) is 3. The smallest absolute Gasteiger partial charge is 0.255 e. The van der Waals surface area contributed by atoms with Gasteiger partial charge in [-0.3, -0.25) is 9.59 Å². The predicted molar refractivity (Wildman–Crippen MR) is 112 cm³/mol. The molecule has 7 nitrogen and oxygen atoms in total. The fourth-order valence-corrected chi connectivity index (χ4v) is 3.93. The van der Waals surface area contributed by atoms with Gasteiger partial charge in [-0.05, 0) is 49.2 Å². The lowest BCUT2D eigenvalue weighted by Gasteiger charge is -2.11. The molecule has 1 saturated carbocycles. The number of nitrogens with one attached hydrogen (secondary N) is 3. The number of hydrogen-bond acceptors (Lipinski definition) is 4. The third-order valence-corrected chi connectivity index (χ3v) is 6.04. The Morgan fingerprint density at radius 2 is 1.90 bits per heavy atom. The Kier molecular flexibility index (Phi) is 6.55. The highest BCUT2D eigenvalue weighted by molar-refractivity contribution is 7.89. The van der Waals surface area contributed by atoms with Crippen molar-refractivity contribution in [2.45, 2.75) is 23.8 Å². The first-order valence-electron chi connectivity index (χ1n) is 9.03. The molecule has 0 heterocycles. The monoisotopic (exact) mass is 451 g/mol. The molecule has 3 rings (SSSR count). The van der Waals surface area contributed by atoms with Gasteiger partial charge in [-0.1, -0.05) is 17.7 Å². The van der Waals surface area contributed by atoms with Gasteiger partial charge in [-0.2, -0.15) is 0 Å². The van der Waals surface area contributed by atoms with E-state index in [2.05, 4.69) is 21.9 Å². The van der Waals surface area contributed by atoms with Crippen molar-refractivity contribution in [2.24, 2.45) is 0 Å². The van der Waals surface area contributed by atoms with Crippen LogP contribution in [0.5, 0.6) is 0 Å². The summed E-state index contributed by atoms with van der Waals surface area (Å²) in [6.45, 7) is 3.31. The van der Waals surface area contributed by atoms with Crippen molar-refractivity contribution in [3.05, 3.63) is 71.0 Å². The Balaban J connectivity index is 1.77. The van der Waals surface area contributed by atoms with E-state index in [1.807, 2.05) is 0 Å². The Morgan fingerprint density at radius 3 is 2.53 bits per heavy atom. The van der Waals surface area contributed by atoms with Crippen LogP contribution in [0, 0.1) is 5.82 Å². The van der Waals surface area contributed by atoms with Crippen molar-refractivity contribution in [1.82, 2.24) is 10.0 Å². The van der Waals surface area contributed by atoms with E-state index in [9.17, 15) is 22.4 Å². The highest BCUT2D eigenvalue weighted by Gasteiger charge is 2.25. The summed E-state index contributed by atoms with van der Waals surface area (Å²) in [4.78, 5) is 24.0. The fraction of sp³-hybridized carbons (Fsp3) is 0.200. The van der Waals surface area contributed by atoms with Crippen LogP contribution in [0.25, 0.3) is 0 Å². The number of amides is 2. The molecule has 2 aromatic carbocycles. The third kappa shape index (κ3) is 5.24. The van der Waals surface area contributed by atoms with Crippen LogP contribution in [-0.2, 0) is 10.0 Å². The third-order valence-electron chi connectivity index (χ3n) is 4.28. The van der Waals surface area contributed by atoms with E-state index in [0.29, 0.717) is 5.69 Å². The summed E-state index contributed by atoms with van der Waals surface area (Å²) in [5.41, 5.74) is 0.513. The van der Waals surface area contributed by atoms with Gasteiger partial charge in [0, 0.05) is 23.8 Å². The molecule has 10 heteroatoms. The molecule has 0 bridgehead atoms.